The van der Waals surface area contributed by atoms with Gasteiger partial charge in [-0.1, -0.05) is 0 Å². The lowest BCUT2D eigenvalue weighted by Crippen LogP contribution is -2.24. The third-order valence-corrected chi connectivity index (χ3v) is 2.65. The van der Waals surface area contributed by atoms with Crippen LogP contribution in [0.15, 0.2) is 18.5 Å². The Labute approximate surface area is 111 Å². The molecule has 0 saturated carbocycles. The highest BCUT2D eigenvalue weighted by Gasteiger charge is 2.21. The second-order valence-electron chi connectivity index (χ2n) is 5.29. The van der Waals surface area contributed by atoms with Crippen LogP contribution in [-0.2, 0) is 21.7 Å². The zero-order valence-corrected chi connectivity index (χ0v) is 11.3. The van der Waals surface area contributed by atoms with Crippen molar-refractivity contribution < 1.29 is 14.6 Å². The van der Waals surface area contributed by atoms with Crippen molar-refractivity contribution in [2.45, 2.75) is 32.9 Å². The molecule has 2 aromatic heterocycles. The molecule has 0 radical (unpaired) electrons. The van der Waals surface area contributed by atoms with E-state index in [-0.39, 0.29) is 18.8 Å². The van der Waals surface area contributed by atoms with Crippen molar-refractivity contribution >= 4 is 17.0 Å². The maximum atomic E-state index is 10.5. The fraction of sp³-hybridized carbons (Fsp3) is 0.462. The molecule has 0 fully saturated rings. The highest BCUT2D eigenvalue weighted by atomic mass is 16.5. The van der Waals surface area contributed by atoms with Crippen molar-refractivity contribution in [1.82, 2.24) is 14.5 Å². The molecule has 0 amide bonds. The van der Waals surface area contributed by atoms with Crippen LogP contribution in [-0.4, -0.2) is 32.2 Å². The first-order valence-corrected chi connectivity index (χ1v) is 6.01. The number of fused-ring (bicyclic) bond motifs is 1. The molecule has 0 atom stereocenters. The van der Waals surface area contributed by atoms with E-state index in [2.05, 4.69) is 30.7 Å². The van der Waals surface area contributed by atoms with Gasteiger partial charge < -0.3 is 14.4 Å². The van der Waals surface area contributed by atoms with Gasteiger partial charge in [-0.05, 0) is 26.8 Å². The average molecular weight is 263 g/mol. The zero-order valence-electron chi connectivity index (χ0n) is 11.3. The Balaban J connectivity index is 2.39. The summed E-state index contributed by atoms with van der Waals surface area (Å²) in [5, 5.41) is 8.60. The van der Waals surface area contributed by atoms with Gasteiger partial charge >= 0.3 is 5.97 Å². The number of hydrogen-bond acceptors (Lipinski definition) is 4. The number of aromatic nitrogens is 3. The smallest absolute Gasteiger partial charge is 0.329 e. The van der Waals surface area contributed by atoms with Crippen LogP contribution in [0.4, 0.5) is 0 Å². The van der Waals surface area contributed by atoms with Gasteiger partial charge in [0.15, 0.2) is 0 Å². The van der Waals surface area contributed by atoms with E-state index in [1.165, 1.54) is 0 Å². The van der Waals surface area contributed by atoms with E-state index in [4.69, 9.17) is 9.84 Å². The van der Waals surface area contributed by atoms with Crippen LogP contribution < -0.4 is 0 Å². The van der Waals surface area contributed by atoms with Crippen molar-refractivity contribution in [1.29, 1.82) is 0 Å². The quantitative estimate of drug-likeness (QED) is 0.909. The molecule has 0 saturated heterocycles. The number of carbonyl (C=O) groups is 1. The van der Waals surface area contributed by atoms with E-state index in [9.17, 15) is 4.79 Å². The molecule has 2 rings (SSSR count). The van der Waals surface area contributed by atoms with Gasteiger partial charge in [-0.15, -0.1) is 0 Å². The maximum absolute atomic E-state index is 10.5. The highest BCUT2D eigenvalue weighted by Crippen LogP contribution is 2.24. The van der Waals surface area contributed by atoms with Crippen LogP contribution in [0.3, 0.4) is 0 Å². The zero-order chi connectivity index (χ0) is 14.0. The molecule has 102 valence electrons. The van der Waals surface area contributed by atoms with Crippen molar-refractivity contribution in [2.24, 2.45) is 0 Å². The minimum absolute atomic E-state index is 0.165. The molecule has 0 bridgehead atoms. The number of pyridine rings is 1. The predicted octanol–water partition coefficient (Wildman–Crippen LogP) is 1.79. The first-order valence-electron chi connectivity index (χ1n) is 6.01. The van der Waals surface area contributed by atoms with E-state index < -0.39 is 5.97 Å². The van der Waals surface area contributed by atoms with E-state index >= 15 is 0 Å². The standard InChI is InChI=1S/C13H17N3O3/c1-13(2,3)16-10-4-5-14-6-9(10)15-11(16)7-19-8-12(17)18/h4-6H,7-8H2,1-3H3,(H,17,18). The molecule has 2 aromatic rings. The molecule has 0 spiro atoms. The number of ether oxygens (including phenoxy) is 1. The van der Waals surface area contributed by atoms with Gasteiger partial charge in [0, 0.05) is 11.7 Å². The second-order valence-corrected chi connectivity index (χ2v) is 5.29. The molecule has 0 unspecified atom stereocenters. The average Bonchev–Trinajstić information content (AvgIpc) is 2.66. The molecule has 0 aliphatic rings. The Morgan fingerprint density at radius 1 is 1.47 bits per heavy atom. The molecular formula is C13H17N3O3. The van der Waals surface area contributed by atoms with Gasteiger partial charge in [0.25, 0.3) is 0 Å². The molecule has 6 nitrogen and oxygen atoms in total. The molecule has 1 N–H and O–H groups in total. The van der Waals surface area contributed by atoms with Gasteiger partial charge in [-0.3, -0.25) is 4.98 Å². The van der Waals surface area contributed by atoms with Gasteiger partial charge in [-0.2, -0.15) is 0 Å². The summed E-state index contributed by atoms with van der Waals surface area (Å²) >= 11 is 0. The van der Waals surface area contributed by atoms with Crippen LogP contribution in [0.5, 0.6) is 0 Å². The summed E-state index contributed by atoms with van der Waals surface area (Å²) in [4.78, 5) is 19.0. The van der Waals surface area contributed by atoms with Gasteiger partial charge in [0.1, 0.15) is 24.6 Å². The normalized spacial score (nSPS) is 11.9. The van der Waals surface area contributed by atoms with E-state index in [1.807, 2.05) is 10.6 Å². The van der Waals surface area contributed by atoms with Crippen molar-refractivity contribution in [3.8, 4) is 0 Å². The summed E-state index contributed by atoms with van der Waals surface area (Å²) in [7, 11) is 0. The van der Waals surface area contributed by atoms with Crippen LogP contribution in [0, 0.1) is 0 Å². The number of rotatable bonds is 4. The number of nitrogens with zero attached hydrogens (tertiary/aromatic N) is 3. The third-order valence-electron chi connectivity index (χ3n) is 2.65. The van der Waals surface area contributed by atoms with Crippen molar-refractivity contribution in [3.05, 3.63) is 24.3 Å². The summed E-state index contributed by atoms with van der Waals surface area (Å²) in [6.45, 7) is 6.03. The molecular weight excluding hydrogens is 246 g/mol. The lowest BCUT2D eigenvalue weighted by atomic mass is 10.1. The fourth-order valence-electron chi connectivity index (χ4n) is 2.06. The largest absolute Gasteiger partial charge is 0.480 e. The minimum atomic E-state index is -0.986. The number of imidazole rings is 1. The van der Waals surface area contributed by atoms with E-state index in [0.29, 0.717) is 5.82 Å². The van der Waals surface area contributed by atoms with Crippen LogP contribution in [0.1, 0.15) is 26.6 Å². The summed E-state index contributed by atoms with van der Waals surface area (Å²) in [5.41, 5.74) is 1.58. The van der Waals surface area contributed by atoms with Crippen molar-refractivity contribution in [2.75, 3.05) is 6.61 Å². The summed E-state index contributed by atoms with van der Waals surface area (Å²) < 4.78 is 7.19. The summed E-state index contributed by atoms with van der Waals surface area (Å²) in [6.07, 6.45) is 3.41. The number of hydrogen-bond donors (Lipinski definition) is 1. The first-order chi connectivity index (χ1) is 8.89. The van der Waals surface area contributed by atoms with Crippen LogP contribution in [0.2, 0.25) is 0 Å². The molecule has 0 aliphatic carbocycles. The Kier molecular flexibility index (Phi) is 3.53. The molecule has 6 heteroatoms. The lowest BCUT2D eigenvalue weighted by molar-refractivity contribution is -0.142. The molecule has 0 aromatic carbocycles. The Bertz CT molecular complexity index is 599. The van der Waals surface area contributed by atoms with E-state index in [0.717, 1.165) is 11.0 Å². The summed E-state index contributed by atoms with van der Waals surface area (Å²) in [5.74, 6) is -0.281. The SMILES string of the molecule is CC(C)(C)n1c(COCC(=O)O)nc2cnccc21. The van der Waals surface area contributed by atoms with Gasteiger partial charge in [0.05, 0.1) is 11.7 Å². The van der Waals surface area contributed by atoms with Crippen LogP contribution in [0.25, 0.3) is 11.0 Å². The summed E-state index contributed by atoms with van der Waals surface area (Å²) in [6, 6.07) is 1.90. The lowest BCUT2D eigenvalue weighted by Gasteiger charge is -2.24. The third kappa shape index (κ3) is 2.90. The van der Waals surface area contributed by atoms with Gasteiger partial charge in [0.2, 0.25) is 0 Å². The monoisotopic (exact) mass is 263 g/mol. The molecule has 2 heterocycles. The number of aliphatic carboxylic acids is 1. The predicted molar refractivity (Wildman–Crippen MR) is 69.8 cm³/mol. The number of carboxylic acid groups (broad SMARTS) is 1. The Hall–Kier alpha value is -1.95. The first kappa shape index (κ1) is 13.5. The topological polar surface area (TPSA) is 77.2 Å². The number of carboxylic acids is 1. The highest BCUT2D eigenvalue weighted by molar-refractivity contribution is 5.75. The van der Waals surface area contributed by atoms with Crippen LogP contribution >= 0.6 is 0 Å². The molecule has 0 aliphatic heterocycles. The Morgan fingerprint density at radius 3 is 2.84 bits per heavy atom. The van der Waals surface area contributed by atoms with Gasteiger partial charge in [-0.25, -0.2) is 9.78 Å². The Morgan fingerprint density at radius 2 is 2.21 bits per heavy atom. The second kappa shape index (κ2) is 4.97. The van der Waals surface area contributed by atoms with E-state index in [1.54, 1.807) is 12.4 Å². The molecule has 19 heavy (non-hydrogen) atoms. The fourth-order valence-corrected chi connectivity index (χ4v) is 2.06. The van der Waals surface area contributed by atoms with Crippen molar-refractivity contribution in [3.63, 3.8) is 0 Å². The minimum Gasteiger partial charge on any atom is -0.480 e. The maximum Gasteiger partial charge on any atom is 0.329 e.